The average Bonchev–Trinajstić information content (AvgIpc) is 3.50. The first kappa shape index (κ1) is 27.2. The number of nitrogens with zero attached hydrogens (tertiary/aromatic N) is 5. The van der Waals surface area contributed by atoms with Gasteiger partial charge in [0.25, 0.3) is 5.91 Å². The van der Waals surface area contributed by atoms with Crippen LogP contribution in [-0.4, -0.2) is 41.9 Å². The first-order valence-corrected chi connectivity index (χ1v) is 12.4. The van der Waals surface area contributed by atoms with Gasteiger partial charge in [-0.3, -0.25) is 9.48 Å². The number of alkyl halides is 2. The van der Waals surface area contributed by atoms with E-state index in [0.29, 0.717) is 11.2 Å². The summed E-state index contributed by atoms with van der Waals surface area (Å²) in [6.45, 7) is -1.03. The number of nitrogens with one attached hydrogen (secondary N) is 1. The third kappa shape index (κ3) is 4.87. The van der Waals surface area contributed by atoms with Crippen LogP contribution >= 0.6 is 11.6 Å². The summed E-state index contributed by atoms with van der Waals surface area (Å²) in [6, 6.07) is 12.2. The molecule has 206 valence electrons. The molecule has 3 heterocycles. The van der Waals surface area contributed by atoms with E-state index in [2.05, 4.69) is 25.1 Å². The predicted octanol–water partition coefficient (Wildman–Crippen LogP) is 5.12. The van der Waals surface area contributed by atoms with Gasteiger partial charge in [0.05, 0.1) is 23.0 Å². The molecule has 0 saturated heterocycles. The van der Waals surface area contributed by atoms with Gasteiger partial charge >= 0.3 is 6.61 Å². The Balaban J connectivity index is 1.68. The molecule has 1 amide bonds. The third-order valence-corrected chi connectivity index (χ3v) is 6.59. The summed E-state index contributed by atoms with van der Waals surface area (Å²) in [5.41, 5.74) is -1.26. The van der Waals surface area contributed by atoms with E-state index in [1.807, 2.05) is 0 Å². The Morgan fingerprint density at radius 1 is 1.18 bits per heavy atom. The average molecular weight is 571 g/mol. The Hall–Kier alpha value is -4.42. The molecule has 1 unspecified atom stereocenters. The Morgan fingerprint density at radius 3 is 2.52 bits per heavy atom. The number of aryl methyl sites for hydroxylation is 2. The van der Waals surface area contributed by atoms with Crippen molar-refractivity contribution in [2.75, 3.05) is 5.32 Å². The number of benzene rings is 2. The van der Waals surface area contributed by atoms with Gasteiger partial charge in [-0.05, 0) is 36.8 Å². The van der Waals surface area contributed by atoms with Crippen LogP contribution in [0.1, 0.15) is 34.2 Å². The van der Waals surface area contributed by atoms with Gasteiger partial charge in [-0.25, -0.2) is 14.4 Å². The quantitative estimate of drug-likeness (QED) is 0.251. The zero-order valence-electron chi connectivity index (χ0n) is 21.1. The number of aromatic nitrogens is 5. The molecule has 3 aromatic heterocycles. The molecule has 9 nitrogen and oxygen atoms in total. The highest BCUT2D eigenvalue weighted by atomic mass is 35.5. The van der Waals surface area contributed by atoms with Crippen molar-refractivity contribution >= 4 is 34.4 Å². The number of anilines is 1. The Labute approximate surface area is 230 Å². The third-order valence-electron chi connectivity index (χ3n) is 6.30. The fourth-order valence-electron chi connectivity index (χ4n) is 4.50. The van der Waals surface area contributed by atoms with Crippen LogP contribution in [0.4, 0.5) is 18.9 Å². The monoisotopic (exact) mass is 570 g/mol. The summed E-state index contributed by atoms with van der Waals surface area (Å²) < 4.78 is 48.2. The summed E-state index contributed by atoms with van der Waals surface area (Å²) >= 11 is 6.37. The van der Waals surface area contributed by atoms with Crippen molar-refractivity contribution in [2.45, 2.75) is 25.7 Å². The molecule has 1 atom stereocenters. The first-order valence-electron chi connectivity index (χ1n) is 12.0. The van der Waals surface area contributed by atoms with E-state index in [1.165, 1.54) is 59.4 Å². The summed E-state index contributed by atoms with van der Waals surface area (Å²) in [4.78, 5) is 21.8. The van der Waals surface area contributed by atoms with Crippen molar-refractivity contribution in [3.8, 4) is 5.75 Å². The van der Waals surface area contributed by atoms with Crippen LogP contribution in [0, 0.1) is 5.82 Å². The molecule has 13 heteroatoms. The molecule has 0 aliphatic heterocycles. The fraction of sp³-hybridized carbons (Fsp3) is 0.185. The van der Waals surface area contributed by atoms with Crippen LogP contribution in [-0.2, 0) is 19.2 Å². The van der Waals surface area contributed by atoms with Gasteiger partial charge in [-0.2, -0.15) is 13.9 Å². The van der Waals surface area contributed by atoms with Crippen molar-refractivity contribution in [2.24, 2.45) is 7.05 Å². The maximum absolute atomic E-state index is 15.2. The van der Waals surface area contributed by atoms with E-state index in [4.69, 9.17) is 11.6 Å². The minimum absolute atomic E-state index is 0.0222. The maximum atomic E-state index is 15.2. The molecule has 2 aromatic carbocycles. The molecular weight excluding hydrogens is 549 g/mol. The molecule has 0 radical (unpaired) electrons. The molecule has 0 bridgehead atoms. The summed E-state index contributed by atoms with van der Waals surface area (Å²) in [5, 5.41) is 18.8. The number of aliphatic hydroxyl groups is 1. The minimum atomic E-state index is -3.04. The van der Waals surface area contributed by atoms with Crippen LogP contribution in [0.2, 0.25) is 5.15 Å². The Morgan fingerprint density at radius 2 is 1.90 bits per heavy atom. The molecule has 0 fully saturated rings. The van der Waals surface area contributed by atoms with E-state index in [-0.39, 0.29) is 45.6 Å². The van der Waals surface area contributed by atoms with Crippen molar-refractivity contribution in [3.63, 3.8) is 0 Å². The zero-order valence-corrected chi connectivity index (χ0v) is 21.9. The number of pyridine rings is 1. The standard InChI is InChI=1S/C27H22ClF3N6O3/c1-3-37-21-12-18(24(38)33-16-13-32-36(2)14-16)22(28)34-23(21)35-25(37)27(39,19-6-4-5-7-20(19)29)15-8-10-17(11-9-15)40-26(30)31/h4-14,26,39H,3H2,1-2H3,(H,33,38). The highest BCUT2D eigenvalue weighted by Gasteiger charge is 2.41. The van der Waals surface area contributed by atoms with Crippen LogP contribution in [0.25, 0.3) is 11.2 Å². The number of fused-ring (bicyclic) bond motifs is 1. The van der Waals surface area contributed by atoms with Crippen LogP contribution in [0.3, 0.4) is 0 Å². The lowest BCUT2D eigenvalue weighted by Crippen LogP contribution is -2.33. The molecule has 0 saturated carbocycles. The van der Waals surface area contributed by atoms with Crippen molar-refractivity contribution in [1.29, 1.82) is 0 Å². The number of rotatable bonds is 8. The highest BCUT2D eigenvalue weighted by molar-refractivity contribution is 6.33. The second-order valence-electron chi connectivity index (χ2n) is 8.80. The van der Waals surface area contributed by atoms with E-state index in [0.717, 1.165) is 0 Å². The fourth-order valence-corrected chi connectivity index (χ4v) is 4.72. The van der Waals surface area contributed by atoms with Crippen molar-refractivity contribution in [3.05, 3.63) is 100 Å². The van der Waals surface area contributed by atoms with E-state index < -0.39 is 23.9 Å². The molecular formula is C27H22ClF3N6O3. The molecule has 5 rings (SSSR count). The SMILES string of the molecule is CCn1c(C(O)(c2ccc(OC(F)F)cc2)c2ccccc2F)nc2nc(Cl)c(C(=O)Nc3cnn(C)c3)cc21. The second-order valence-corrected chi connectivity index (χ2v) is 9.16. The minimum Gasteiger partial charge on any atom is -0.435 e. The second kappa shape index (κ2) is 10.6. The maximum Gasteiger partial charge on any atom is 0.387 e. The summed E-state index contributed by atoms with van der Waals surface area (Å²) in [5.74, 6) is -1.44. The predicted molar refractivity (Wildman–Crippen MR) is 141 cm³/mol. The first-order chi connectivity index (χ1) is 19.1. The van der Waals surface area contributed by atoms with Gasteiger partial charge in [0.1, 0.15) is 16.7 Å². The number of carbonyl (C=O) groups is 1. The zero-order chi connectivity index (χ0) is 28.6. The van der Waals surface area contributed by atoms with Crippen LogP contribution in [0.5, 0.6) is 5.75 Å². The van der Waals surface area contributed by atoms with Crippen LogP contribution < -0.4 is 10.1 Å². The van der Waals surface area contributed by atoms with Crippen molar-refractivity contribution < 1.29 is 27.8 Å². The molecule has 0 aliphatic rings. The molecule has 40 heavy (non-hydrogen) atoms. The Bertz CT molecular complexity index is 1710. The van der Waals surface area contributed by atoms with Gasteiger partial charge in [0.2, 0.25) is 0 Å². The van der Waals surface area contributed by atoms with Gasteiger partial charge in [0, 0.05) is 25.4 Å². The highest BCUT2D eigenvalue weighted by Crippen LogP contribution is 2.40. The van der Waals surface area contributed by atoms with Gasteiger partial charge < -0.3 is 19.7 Å². The number of ether oxygens (including phenoxy) is 1. The number of halogens is 4. The molecule has 0 aliphatic carbocycles. The van der Waals surface area contributed by atoms with Gasteiger partial charge in [-0.1, -0.05) is 41.9 Å². The number of carbonyl (C=O) groups excluding carboxylic acids is 1. The van der Waals surface area contributed by atoms with Crippen molar-refractivity contribution in [1.82, 2.24) is 24.3 Å². The molecule has 2 N–H and O–H groups in total. The number of amides is 1. The van der Waals surface area contributed by atoms with E-state index in [1.54, 1.807) is 30.8 Å². The van der Waals surface area contributed by atoms with E-state index >= 15 is 4.39 Å². The number of hydrogen-bond donors (Lipinski definition) is 2. The normalized spacial score (nSPS) is 13.0. The van der Waals surface area contributed by atoms with Gasteiger partial charge in [-0.15, -0.1) is 0 Å². The Kier molecular flexibility index (Phi) is 7.21. The largest absolute Gasteiger partial charge is 0.435 e. The summed E-state index contributed by atoms with van der Waals surface area (Å²) in [7, 11) is 1.70. The topological polar surface area (TPSA) is 107 Å². The summed E-state index contributed by atoms with van der Waals surface area (Å²) in [6.07, 6.45) is 3.08. The lowest BCUT2D eigenvalue weighted by molar-refractivity contribution is -0.0498. The van der Waals surface area contributed by atoms with Gasteiger partial charge in [0.15, 0.2) is 17.1 Å². The molecule has 5 aromatic rings. The molecule has 0 spiro atoms. The number of imidazole rings is 1. The number of hydrogen-bond acceptors (Lipinski definition) is 6. The lowest BCUT2D eigenvalue weighted by Gasteiger charge is -2.30. The van der Waals surface area contributed by atoms with Crippen LogP contribution in [0.15, 0.2) is 67.0 Å². The smallest absolute Gasteiger partial charge is 0.387 e. The van der Waals surface area contributed by atoms with E-state index in [9.17, 15) is 18.7 Å². The lowest BCUT2D eigenvalue weighted by atomic mass is 9.85.